The van der Waals surface area contributed by atoms with Gasteiger partial charge in [-0.2, -0.15) is 0 Å². The number of hydrogen-bond acceptors (Lipinski definition) is 3. The zero-order valence-corrected chi connectivity index (χ0v) is 11.7. The maximum atomic E-state index is 11.4. The summed E-state index contributed by atoms with van der Waals surface area (Å²) < 4.78 is 22.7. The highest BCUT2D eigenvalue weighted by Gasteiger charge is 2.29. The molecule has 0 aromatic heterocycles. The maximum absolute atomic E-state index is 11.4. The first-order chi connectivity index (χ1) is 8.07. The predicted molar refractivity (Wildman–Crippen MR) is 72.8 cm³/mol. The summed E-state index contributed by atoms with van der Waals surface area (Å²) in [4.78, 5) is 2.19. The molecule has 98 valence electrons. The highest BCUT2D eigenvalue weighted by molar-refractivity contribution is 7.91. The van der Waals surface area contributed by atoms with Crippen molar-refractivity contribution in [3.63, 3.8) is 0 Å². The smallest absolute Gasteiger partial charge is 0.169 e. The van der Waals surface area contributed by atoms with E-state index in [0.717, 1.165) is 18.2 Å². The van der Waals surface area contributed by atoms with Crippen LogP contribution in [0.4, 0.5) is 0 Å². The minimum absolute atomic E-state index is 0.0238. The van der Waals surface area contributed by atoms with Gasteiger partial charge in [-0.1, -0.05) is 12.8 Å². The van der Waals surface area contributed by atoms with Crippen molar-refractivity contribution >= 4 is 27.2 Å². The van der Waals surface area contributed by atoms with Crippen molar-refractivity contribution in [1.29, 1.82) is 0 Å². The van der Waals surface area contributed by atoms with E-state index in [1.807, 2.05) is 0 Å². The molecule has 0 aromatic rings. The molecule has 0 bridgehead atoms. The molecule has 2 aliphatic heterocycles. The molecule has 2 saturated heterocycles. The Hall–Kier alpha value is -0.360. The highest BCUT2D eigenvalue weighted by Crippen LogP contribution is 2.13. The average Bonchev–Trinajstić information content (AvgIpc) is 2.52. The minimum atomic E-state index is -2.82. The molecule has 2 heterocycles. The van der Waals surface area contributed by atoms with Gasteiger partial charge in [0, 0.05) is 19.1 Å². The Morgan fingerprint density at radius 1 is 1.18 bits per heavy atom. The summed E-state index contributed by atoms with van der Waals surface area (Å²) in [6.45, 7) is 2.01. The second-order valence-corrected chi connectivity index (χ2v) is 7.57. The number of rotatable bonds is 1. The fourth-order valence-electron chi connectivity index (χ4n) is 2.45. The van der Waals surface area contributed by atoms with E-state index >= 15 is 0 Å². The SMILES string of the molecule is O=S1(=O)CC[C@@H](NC(=S)N2CCCCCC2)C1. The molecular weight excluding hydrogens is 256 g/mol. The van der Waals surface area contributed by atoms with Gasteiger partial charge < -0.3 is 10.2 Å². The van der Waals surface area contributed by atoms with Gasteiger partial charge >= 0.3 is 0 Å². The molecule has 2 rings (SSSR count). The van der Waals surface area contributed by atoms with Crippen LogP contribution in [0.25, 0.3) is 0 Å². The number of thiocarbonyl (C=S) groups is 1. The van der Waals surface area contributed by atoms with Gasteiger partial charge in [-0.25, -0.2) is 8.42 Å². The second kappa shape index (κ2) is 5.52. The van der Waals surface area contributed by atoms with Crippen LogP contribution in [0.2, 0.25) is 0 Å². The van der Waals surface area contributed by atoms with Crippen LogP contribution in [0.5, 0.6) is 0 Å². The Morgan fingerprint density at radius 2 is 1.82 bits per heavy atom. The van der Waals surface area contributed by atoms with Gasteiger partial charge in [0.25, 0.3) is 0 Å². The van der Waals surface area contributed by atoms with Gasteiger partial charge in [0.15, 0.2) is 14.9 Å². The minimum Gasteiger partial charge on any atom is -0.359 e. The molecule has 4 nitrogen and oxygen atoms in total. The van der Waals surface area contributed by atoms with Gasteiger partial charge in [-0.15, -0.1) is 0 Å². The lowest BCUT2D eigenvalue weighted by Gasteiger charge is -2.26. The number of nitrogens with zero attached hydrogens (tertiary/aromatic N) is 1. The zero-order chi connectivity index (χ0) is 12.3. The van der Waals surface area contributed by atoms with E-state index in [4.69, 9.17) is 12.2 Å². The monoisotopic (exact) mass is 276 g/mol. The van der Waals surface area contributed by atoms with E-state index in [0.29, 0.717) is 12.2 Å². The van der Waals surface area contributed by atoms with E-state index in [9.17, 15) is 8.42 Å². The highest BCUT2D eigenvalue weighted by atomic mass is 32.2. The molecule has 0 saturated carbocycles. The topological polar surface area (TPSA) is 49.4 Å². The van der Waals surface area contributed by atoms with Crippen molar-refractivity contribution < 1.29 is 8.42 Å². The molecule has 0 unspecified atom stereocenters. The van der Waals surface area contributed by atoms with E-state index in [-0.39, 0.29) is 11.8 Å². The molecule has 0 aromatic carbocycles. The average molecular weight is 276 g/mol. The summed E-state index contributed by atoms with van der Waals surface area (Å²) in [5.74, 6) is 0.536. The molecule has 2 fully saturated rings. The number of hydrogen-bond donors (Lipinski definition) is 1. The number of nitrogens with one attached hydrogen (secondary N) is 1. The van der Waals surface area contributed by atoms with Crippen molar-refractivity contribution in [1.82, 2.24) is 10.2 Å². The third-order valence-corrected chi connectivity index (χ3v) is 5.60. The van der Waals surface area contributed by atoms with E-state index < -0.39 is 9.84 Å². The lowest BCUT2D eigenvalue weighted by molar-refractivity contribution is 0.420. The van der Waals surface area contributed by atoms with Crippen molar-refractivity contribution in [3.8, 4) is 0 Å². The first kappa shape index (κ1) is 13.1. The van der Waals surface area contributed by atoms with Crippen LogP contribution in [0.3, 0.4) is 0 Å². The van der Waals surface area contributed by atoms with Gasteiger partial charge in [0.05, 0.1) is 11.5 Å². The van der Waals surface area contributed by atoms with E-state index in [2.05, 4.69) is 10.2 Å². The normalized spacial score (nSPS) is 28.7. The largest absolute Gasteiger partial charge is 0.359 e. The summed E-state index contributed by atoms with van der Waals surface area (Å²) in [6.07, 6.45) is 5.61. The van der Waals surface area contributed by atoms with Crippen LogP contribution < -0.4 is 5.32 Å². The van der Waals surface area contributed by atoms with Crippen LogP contribution in [0.15, 0.2) is 0 Å². The fourth-order valence-corrected chi connectivity index (χ4v) is 4.47. The van der Waals surface area contributed by atoms with Gasteiger partial charge in [0.2, 0.25) is 0 Å². The van der Waals surface area contributed by atoms with Crippen LogP contribution >= 0.6 is 12.2 Å². The predicted octanol–water partition coefficient (Wildman–Crippen LogP) is 0.924. The Labute approximate surface area is 109 Å². The molecule has 1 N–H and O–H groups in total. The lowest BCUT2D eigenvalue weighted by atomic mass is 10.2. The quantitative estimate of drug-likeness (QED) is 0.722. The van der Waals surface area contributed by atoms with Crippen LogP contribution in [-0.2, 0) is 9.84 Å². The van der Waals surface area contributed by atoms with Crippen LogP contribution in [0.1, 0.15) is 32.1 Å². The Balaban J connectivity index is 1.84. The molecule has 6 heteroatoms. The molecular formula is C11H20N2O2S2. The lowest BCUT2D eigenvalue weighted by Crippen LogP contribution is -2.45. The van der Waals surface area contributed by atoms with Gasteiger partial charge in [0.1, 0.15) is 0 Å². The van der Waals surface area contributed by atoms with Crippen LogP contribution in [-0.4, -0.2) is 49.1 Å². The first-order valence-electron chi connectivity index (χ1n) is 6.33. The van der Waals surface area contributed by atoms with Crippen molar-refractivity contribution in [2.24, 2.45) is 0 Å². The van der Waals surface area contributed by atoms with E-state index in [1.54, 1.807) is 0 Å². The fraction of sp³-hybridized carbons (Fsp3) is 0.909. The number of likely N-dealkylation sites (tertiary alicyclic amines) is 1. The summed E-state index contributed by atoms with van der Waals surface area (Å²) in [7, 11) is -2.82. The molecule has 0 amide bonds. The van der Waals surface area contributed by atoms with Crippen molar-refractivity contribution in [2.45, 2.75) is 38.1 Å². The summed E-state index contributed by atoms with van der Waals surface area (Å²) in [6, 6.07) is 0.0238. The summed E-state index contributed by atoms with van der Waals surface area (Å²) in [5, 5.41) is 3.95. The first-order valence-corrected chi connectivity index (χ1v) is 8.56. The van der Waals surface area contributed by atoms with E-state index in [1.165, 1.54) is 25.7 Å². The molecule has 0 spiro atoms. The Morgan fingerprint density at radius 3 is 2.35 bits per heavy atom. The van der Waals surface area contributed by atoms with Gasteiger partial charge in [-0.3, -0.25) is 0 Å². The van der Waals surface area contributed by atoms with Gasteiger partial charge in [-0.05, 0) is 31.5 Å². The second-order valence-electron chi connectivity index (χ2n) is 4.95. The Kier molecular flexibility index (Phi) is 4.25. The van der Waals surface area contributed by atoms with Crippen molar-refractivity contribution in [2.75, 3.05) is 24.6 Å². The molecule has 0 aliphatic carbocycles. The van der Waals surface area contributed by atoms with Crippen molar-refractivity contribution in [3.05, 3.63) is 0 Å². The Bertz CT molecular complexity index is 373. The summed E-state index contributed by atoms with van der Waals surface area (Å²) >= 11 is 5.37. The summed E-state index contributed by atoms with van der Waals surface area (Å²) in [5.41, 5.74) is 0. The molecule has 0 radical (unpaired) electrons. The molecule has 17 heavy (non-hydrogen) atoms. The maximum Gasteiger partial charge on any atom is 0.169 e. The zero-order valence-electron chi connectivity index (χ0n) is 10.0. The molecule has 1 atom stereocenters. The standard InChI is InChI=1S/C11H20N2O2S2/c14-17(15)8-5-10(9-17)12-11(16)13-6-3-1-2-4-7-13/h10H,1-9H2,(H,12,16)/t10-/m1/s1. The third kappa shape index (κ3) is 3.81. The number of sulfone groups is 1. The molecule has 2 aliphatic rings. The third-order valence-electron chi connectivity index (χ3n) is 3.45. The van der Waals surface area contributed by atoms with Crippen LogP contribution in [0, 0.1) is 0 Å².